The van der Waals surface area contributed by atoms with Gasteiger partial charge in [0.15, 0.2) is 0 Å². The van der Waals surface area contributed by atoms with Gasteiger partial charge >= 0.3 is 0 Å². The summed E-state index contributed by atoms with van der Waals surface area (Å²) in [6.45, 7) is 3.82. The van der Waals surface area contributed by atoms with Crippen LogP contribution in [0.5, 0.6) is 0 Å². The highest BCUT2D eigenvalue weighted by Crippen LogP contribution is 2.25. The number of benzene rings is 1. The fourth-order valence-corrected chi connectivity index (χ4v) is 2.13. The van der Waals surface area contributed by atoms with Crippen molar-refractivity contribution in [3.63, 3.8) is 0 Å². The highest BCUT2D eigenvalue weighted by atomic mass is 16.3. The molecule has 2 atom stereocenters. The van der Waals surface area contributed by atoms with E-state index in [0.717, 1.165) is 19.5 Å². The van der Waals surface area contributed by atoms with E-state index in [1.165, 1.54) is 11.1 Å². The second-order valence-corrected chi connectivity index (χ2v) is 4.08. The number of aliphatic hydroxyl groups is 1. The van der Waals surface area contributed by atoms with Crippen molar-refractivity contribution in [3.05, 3.63) is 35.4 Å². The molecule has 1 heterocycles. The molecule has 0 saturated carbocycles. The summed E-state index contributed by atoms with van der Waals surface area (Å²) in [6.07, 6.45) is 0.801. The molecule has 2 nitrogen and oxygen atoms in total. The summed E-state index contributed by atoms with van der Waals surface area (Å²) in [5.74, 6) is 0.316. The van der Waals surface area contributed by atoms with Crippen molar-refractivity contribution >= 4 is 0 Å². The number of aryl methyl sites for hydroxylation is 1. The minimum Gasteiger partial charge on any atom is -0.391 e. The predicted octanol–water partition coefficient (Wildman–Crippen LogP) is 1.43. The Labute approximate surface area is 85.0 Å². The fraction of sp³-hybridized carbons (Fsp3) is 0.500. The van der Waals surface area contributed by atoms with Crippen molar-refractivity contribution in [2.24, 2.45) is 0 Å². The molecule has 1 aliphatic heterocycles. The first-order valence-corrected chi connectivity index (χ1v) is 5.23. The first-order valence-electron chi connectivity index (χ1n) is 5.23. The van der Waals surface area contributed by atoms with Gasteiger partial charge in [-0.15, -0.1) is 0 Å². The van der Waals surface area contributed by atoms with E-state index in [2.05, 4.69) is 36.5 Å². The summed E-state index contributed by atoms with van der Waals surface area (Å²) >= 11 is 0. The fourth-order valence-electron chi connectivity index (χ4n) is 2.13. The van der Waals surface area contributed by atoms with Gasteiger partial charge in [0.25, 0.3) is 0 Å². The summed E-state index contributed by atoms with van der Waals surface area (Å²) in [7, 11) is 0. The smallest absolute Gasteiger partial charge is 0.0733 e. The van der Waals surface area contributed by atoms with Crippen molar-refractivity contribution in [1.82, 2.24) is 5.32 Å². The molecule has 14 heavy (non-hydrogen) atoms. The highest BCUT2D eigenvalue weighted by Gasteiger charge is 2.23. The molecule has 1 saturated heterocycles. The Kier molecular flexibility index (Phi) is 2.85. The molecule has 76 valence electrons. The van der Waals surface area contributed by atoms with Crippen LogP contribution in [0.25, 0.3) is 0 Å². The molecule has 0 radical (unpaired) electrons. The summed E-state index contributed by atoms with van der Waals surface area (Å²) in [5.41, 5.74) is 2.55. The lowest BCUT2D eigenvalue weighted by atomic mass is 9.87. The molecule has 0 spiro atoms. The quantitative estimate of drug-likeness (QED) is 0.704. The zero-order valence-electron chi connectivity index (χ0n) is 8.53. The highest BCUT2D eigenvalue weighted by molar-refractivity contribution is 5.26. The number of aliphatic hydroxyl groups excluding tert-OH is 1. The number of hydrogen-bond acceptors (Lipinski definition) is 2. The van der Waals surface area contributed by atoms with E-state index in [-0.39, 0.29) is 6.10 Å². The molecular weight excluding hydrogens is 174 g/mol. The Morgan fingerprint density at radius 2 is 2.29 bits per heavy atom. The maximum atomic E-state index is 9.85. The molecule has 1 aliphatic rings. The third-order valence-corrected chi connectivity index (χ3v) is 2.92. The van der Waals surface area contributed by atoms with Crippen LogP contribution in [0.4, 0.5) is 0 Å². The zero-order chi connectivity index (χ0) is 9.97. The SMILES string of the molecule is Cc1cccc(C2CCNC[C@H]2O)c1. The van der Waals surface area contributed by atoms with Crippen molar-refractivity contribution in [3.8, 4) is 0 Å². The zero-order valence-corrected chi connectivity index (χ0v) is 8.53. The van der Waals surface area contributed by atoms with E-state index in [9.17, 15) is 5.11 Å². The summed E-state index contributed by atoms with van der Waals surface area (Å²) in [5, 5.41) is 13.0. The minimum atomic E-state index is -0.231. The van der Waals surface area contributed by atoms with Gasteiger partial charge in [-0.3, -0.25) is 0 Å². The van der Waals surface area contributed by atoms with Crippen LogP contribution in [0, 0.1) is 6.92 Å². The van der Waals surface area contributed by atoms with Gasteiger partial charge in [-0.2, -0.15) is 0 Å². The number of nitrogens with one attached hydrogen (secondary N) is 1. The van der Waals surface area contributed by atoms with Crippen LogP contribution < -0.4 is 5.32 Å². The average Bonchev–Trinajstić information content (AvgIpc) is 2.18. The molecule has 2 heteroatoms. The maximum Gasteiger partial charge on any atom is 0.0733 e. The van der Waals surface area contributed by atoms with E-state index < -0.39 is 0 Å². The molecule has 1 aromatic rings. The molecule has 0 aliphatic carbocycles. The number of hydrogen-bond donors (Lipinski definition) is 2. The van der Waals surface area contributed by atoms with Crippen LogP contribution in [0.1, 0.15) is 23.5 Å². The van der Waals surface area contributed by atoms with Gasteiger partial charge in [0.1, 0.15) is 0 Å². The topological polar surface area (TPSA) is 32.3 Å². The Morgan fingerprint density at radius 3 is 3.00 bits per heavy atom. The van der Waals surface area contributed by atoms with E-state index in [4.69, 9.17) is 0 Å². The van der Waals surface area contributed by atoms with Crippen LogP contribution in [-0.2, 0) is 0 Å². The second-order valence-electron chi connectivity index (χ2n) is 4.08. The molecule has 1 fully saturated rings. The average molecular weight is 191 g/mol. The van der Waals surface area contributed by atoms with Gasteiger partial charge in [0.05, 0.1) is 6.10 Å². The van der Waals surface area contributed by atoms with E-state index in [1.54, 1.807) is 0 Å². The molecule has 2 N–H and O–H groups in total. The van der Waals surface area contributed by atoms with E-state index in [0.29, 0.717) is 5.92 Å². The Balaban J connectivity index is 2.20. The normalized spacial score (nSPS) is 27.6. The summed E-state index contributed by atoms with van der Waals surface area (Å²) in [6, 6.07) is 8.46. The Morgan fingerprint density at radius 1 is 1.43 bits per heavy atom. The van der Waals surface area contributed by atoms with Gasteiger partial charge in [-0.05, 0) is 25.5 Å². The monoisotopic (exact) mass is 191 g/mol. The van der Waals surface area contributed by atoms with Crippen molar-refractivity contribution < 1.29 is 5.11 Å². The number of β-amino-alcohol motifs (C(OH)–C–C–N with tert-alkyl or cyclic N) is 1. The van der Waals surface area contributed by atoms with Crippen LogP contribution >= 0.6 is 0 Å². The van der Waals surface area contributed by atoms with Crippen molar-refractivity contribution in [1.29, 1.82) is 0 Å². The number of rotatable bonds is 1. The third-order valence-electron chi connectivity index (χ3n) is 2.92. The van der Waals surface area contributed by atoms with E-state index in [1.807, 2.05) is 0 Å². The van der Waals surface area contributed by atoms with Gasteiger partial charge in [-0.25, -0.2) is 0 Å². The molecule has 1 aromatic carbocycles. The predicted molar refractivity (Wildman–Crippen MR) is 57.4 cm³/mol. The molecule has 0 amide bonds. The minimum absolute atomic E-state index is 0.231. The first kappa shape index (κ1) is 9.69. The molecule has 2 rings (SSSR count). The van der Waals surface area contributed by atoms with Crippen molar-refractivity contribution in [2.75, 3.05) is 13.1 Å². The lowest BCUT2D eigenvalue weighted by Crippen LogP contribution is -2.39. The van der Waals surface area contributed by atoms with E-state index >= 15 is 0 Å². The van der Waals surface area contributed by atoms with Crippen LogP contribution in [-0.4, -0.2) is 24.3 Å². The molecule has 0 aromatic heterocycles. The van der Waals surface area contributed by atoms with Crippen LogP contribution in [0.15, 0.2) is 24.3 Å². The third kappa shape index (κ3) is 1.97. The van der Waals surface area contributed by atoms with Gasteiger partial charge in [-0.1, -0.05) is 29.8 Å². The van der Waals surface area contributed by atoms with Crippen LogP contribution in [0.3, 0.4) is 0 Å². The number of piperidine rings is 1. The lowest BCUT2D eigenvalue weighted by molar-refractivity contribution is 0.118. The van der Waals surface area contributed by atoms with Crippen LogP contribution in [0.2, 0.25) is 0 Å². The maximum absolute atomic E-state index is 9.85. The second kappa shape index (κ2) is 4.11. The van der Waals surface area contributed by atoms with Gasteiger partial charge < -0.3 is 10.4 Å². The Bertz CT molecular complexity index is 311. The largest absolute Gasteiger partial charge is 0.391 e. The van der Waals surface area contributed by atoms with Crippen molar-refractivity contribution in [2.45, 2.75) is 25.4 Å². The summed E-state index contributed by atoms with van der Waals surface area (Å²) < 4.78 is 0. The first-order chi connectivity index (χ1) is 6.77. The molecular formula is C12H17NO. The van der Waals surface area contributed by atoms with Gasteiger partial charge in [0.2, 0.25) is 0 Å². The van der Waals surface area contributed by atoms with Gasteiger partial charge in [0, 0.05) is 12.5 Å². The molecule has 0 bridgehead atoms. The summed E-state index contributed by atoms with van der Waals surface area (Å²) in [4.78, 5) is 0. The Hall–Kier alpha value is -0.860. The lowest BCUT2D eigenvalue weighted by Gasteiger charge is -2.28. The standard InChI is InChI=1S/C12H17NO/c1-9-3-2-4-10(7-9)11-5-6-13-8-12(11)14/h2-4,7,11-14H,5-6,8H2,1H3/t11?,12-/m1/s1. The molecule has 1 unspecified atom stereocenters.